The van der Waals surface area contributed by atoms with Crippen molar-refractivity contribution in [1.29, 1.82) is 0 Å². The molecule has 17 heteroatoms. The molecule has 0 radical (unpaired) electrons. The number of aliphatic hydroxyl groups excluding tert-OH is 1. The van der Waals surface area contributed by atoms with Crippen LogP contribution >= 0.6 is 34.5 Å². The third kappa shape index (κ3) is 5.73. The fourth-order valence-electron chi connectivity index (χ4n) is 5.52. The summed E-state index contributed by atoms with van der Waals surface area (Å²) >= 11 is 13.4. The second-order valence-corrected chi connectivity index (χ2v) is 12.1. The van der Waals surface area contributed by atoms with Crippen LogP contribution in [-0.2, 0) is 20.4 Å². The third-order valence-electron chi connectivity index (χ3n) is 7.45. The first kappa shape index (κ1) is 30.2. The van der Waals surface area contributed by atoms with Crippen molar-refractivity contribution < 1.29 is 32.5 Å². The Labute approximate surface area is 267 Å². The molecule has 2 aromatic carbocycles. The molecule has 0 aliphatic carbocycles. The maximum absolute atomic E-state index is 14.1. The lowest BCUT2D eigenvalue weighted by molar-refractivity contribution is -0.319. The van der Waals surface area contributed by atoms with Crippen LogP contribution in [0.25, 0.3) is 16.4 Å². The van der Waals surface area contributed by atoms with Gasteiger partial charge in [0.2, 0.25) is 0 Å². The SMILES string of the molecule is Cc1nc([C@@H]2OC3COC(c4ccccc4)O[C@@H]3[C@H](n3cc(-c4nc(Cl)cs4)nn3)C2O)n(-c2cc(Cl)ccc2C(F)(F)F)n1. The standard InChI is InChI=1S/C28H22Cl2F3N7O4S/c1-13-34-25(40(37-13)18-9-15(29)7-8-16(18)28(31,32)33)24-22(41)21(39-10-17(36-38-39)26-35-20(30)12-45-26)23-19(43-24)11-42-27(44-23)14-5-3-2-4-6-14/h2-10,12,19,21-24,27,41H,11H2,1H3/t19?,21-,22?,23+,24-,27?/m1/s1. The number of halogens is 5. The minimum Gasteiger partial charge on any atom is -0.388 e. The fourth-order valence-corrected chi connectivity index (χ4v) is 6.58. The van der Waals surface area contributed by atoms with E-state index in [1.807, 2.05) is 30.3 Å². The number of aliphatic hydroxyl groups is 1. The van der Waals surface area contributed by atoms with Crippen LogP contribution in [0, 0.1) is 6.92 Å². The van der Waals surface area contributed by atoms with Crippen molar-refractivity contribution in [2.45, 2.75) is 49.8 Å². The van der Waals surface area contributed by atoms with Gasteiger partial charge in [0, 0.05) is 16.0 Å². The Balaban J connectivity index is 1.31. The van der Waals surface area contributed by atoms with Crippen LogP contribution in [-0.4, -0.2) is 64.8 Å². The molecular weight excluding hydrogens is 658 g/mol. The van der Waals surface area contributed by atoms with Gasteiger partial charge >= 0.3 is 6.18 Å². The summed E-state index contributed by atoms with van der Waals surface area (Å²) in [6, 6.07) is 11.4. The van der Waals surface area contributed by atoms with Gasteiger partial charge in [0.05, 0.1) is 24.1 Å². The van der Waals surface area contributed by atoms with Crippen molar-refractivity contribution in [1.82, 2.24) is 34.7 Å². The van der Waals surface area contributed by atoms with Crippen molar-refractivity contribution in [3.8, 4) is 16.4 Å². The molecule has 2 aliphatic rings. The van der Waals surface area contributed by atoms with E-state index in [1.165, 1.54) is 22.9 Å². The average molecular weight is 680 g/mol. The van der Waals surface area contributed by atoms with Crippen molar-refractivity contribution in [3.05, 3.63) is 93.1 Å². The van der Waals surface area contributed by atoms with Gasteiger partial charge in [-0.25, -0.2) is 19.3 Å². The molecule has 2 fully saturated rings. The monoisotopic (exact) mass is 679 g/mol. The summed E-state index contributed by atoms with van der Waals surface area (Å²) in [4.78, 5) is 8.65. The van der Waals surface area contributed by atoms with E-state index in [2.05, 4.69) is 25.4 Å². The molecule has 1 N–H and O–H groups in total. The molecule has 5 aromatic rings. The number of aryl methyl sites for hydroxylation is 1. The summed E-state index contributed by atoms with van der Waals surface area (Å²) in [6.45, 7) is 1.55. The molecule has 11 nitrogen and oxygen atoms in total. The zero-order chi connectivity index (χ0) is 31.5. The highest BCUT2D eigenvalue weighted by molar-refractivity contribution is 7.13. The Kier molecular flexibility index (Phi) is 7.88. The van der Waals surface area contributed by atoms with Gasteiger partial charge in [-0.2, -0.15) is 18.3 Å². The number of thiazole rings is 1. The molecule has 234 valence electrons. The molecule has 3 aromatic heterocycles. The molecule has 45 heavy (non-hydrogen) atoms. The number of ether oxygens (including phenoxy) is 3. The summed E-state index contributed by atoms with van der Waals surface area (Å²) in [7, 11) is 0. The molecule has 6 atom stereocenters. The lowest BCUT2D eigenvalue weighted by atomic mass is 9.91. The number of benzene rings is 2. The Bertz CT molecular complexity index is 1840. The van der Waals surface area contributed by atoms with Gasteiger partial charge in [-0.3, -0.25) is 0 Å². The van der Waals surface area contributed by atoms with Crippen LogP contribution in [0.15, 0.2) is 60.1 Å². The van der Waals surface area contributed by atoms with Gasteiger partial charge < -0.3 is 19.3 Å². The number of hydrogen-bond donors (Lipinski definition) is 1. The van der Waals surface area contributed by atoms with Crippen LogP contribution in [0.2, 0.25) is 10.2 Å². The number of hydrogen-bond acceptors (Lipinski definition) is 10. The van der Waals surface area contributed by atoms with Crippen LogP contribution < -0.4 is 0 Å². The average Bonchev–Trinajstić information content (AvgIpc) is 3.76. The van der Waals surface area contributed by atoms with Gasteiger partial charge in [-0.1, -0.05) is 58.7 Å². The minimum atomic E-state index is -4.73. The second kappa shape index (κ2) is 11.7. The van der Waals surface area contributed by atoms with E-state index in [9.17, 15) is 18.3 Å². The van der Waals surface area contributed by atoms with Crippen molar-refractivity contribution in [2.75, 3.05) is 6.61 Å². The Hall–Kier alpha value is -3.44. The Morgan fingerprint density at radius 3 is 2.60 bits per heavy atom. The Morgan fingerprint density at radius 2 is 1.87 bits per heavy atom. The van der Waals surface area contributed by atoms with Crippen molar-refractivity contribution in [2.24, 2.45) is 0 Å². The van der Waals surface area contributed by atoms with Crippen molar-refractivity contribution in [3.63, 3.8) is 0 Å². The van der Waals surface area contributed by atoms with Crippen molar-refractivity contribution >= 4 is 34.5 Å². The molecular formula is C28H22Cl2F3N7O4S. The van der Waals surface area contributed by atoms with E-state index in [4.69, 9.17) is 37.4 Å². The van der Waals surface area contributed by atoms with Crippen LogP contribution in [0.3, 0.4) is 0 Å². The van der Waals surface area contributed by atoms with Crippen LogP contribution in [0.4, 0.5) is 13.2 Å². The molecule has 2 aliphatic heterocycles. The van der Waals surface area contributed by atoms with E-state index in [1.54, 1.807) is 11.6 Å². The first-order chi connectivity index (χ1) is 21.6. The largest absolute Gasteiger partial charge is 0.418 e. The summed E-state index contributed by atoms with van der Waals surface area (Å²) in [5, 5.41) is 27.2. The highest BCUT2D eigenvalue weighted by Crippen LogP contribution is 2.45. The topological polar surface area (TPSA) is 122 Å². The molecule has 2 saturated heterocycles. The number of alkyl halides is 3. The quantitative estimate of drug-likeness (QED) is 0.247. The molecule has 0 amide bonds. The van der Waals surface area contributed by atoms with E-state index in [-0.39, 0.29) is 29.0 Å². The highest BCUT2D eigenvalue weighted by Gasteiger charge is 2.53. The highest BCUT2D eigenvalue weighted by atomic mass is 35.5. The predicted molar refractivity (Wildman–Crippen MR) is 155 cm³/mol. The summed E-state index contributed by atoms with van der Waals surface area (Å²) < 4.78 is 63.4. The van der Waals surface area contributed by atoms with Crippen LogP contribution in [0.5, 0.6) is 0 Å². The van der Waals surface area contributed by atoms with Gasteiger partial charge in [-0.15, -0.1) is 16.4 Å². The van der Waals surface area contributed by atoms with Crippen LogP contribution in [0.1, 0.15) is 41.2 Å². The zero-order valence-corrected chi connectivity index (χ0v) is 25.4. The van der Waals surface area contributed by atoms with Gasteiger partial charge in [0.1, 0.15) is 52.1 Å². The molecule has 0 spiro atoms. The maximum Gasteiger partial charge on any atom is 0.418 e. The Morgan fingerprint density at radius 1 is 1.07 bits per heavy atom. The second-order valence-electron chi connectivity index (χ2n) is 10.4. The lowest BCUT2D eigenvalue weighted by Gasteiger charge is -2.47. The first-order valence-corrected chi connectivity index (χ1v) is 15.2. The maximum atomic E-state index is 14.1. The van der Waals surface area contributed by atoms with E-state index < -0.39 is 48.5 Å². The third-order valence-corrected chi connectivity index (χ3v) is 8.87. The molecule has 3 unspecified atom stereocenters. The summed E-state index contributed by atoms with van der Waals surface area (Å²) in [5.74, 6) is 0.0741. The van der Waals surface area contributed by atoms with E-state index >= 15 is 0 Å². The predicted octanol–water partition coefficient (Wildman–Crippen LogP) is 5.77. The van der Waals surface area contributed by atoms with Gasteiger partial charge in [0.15, 0.2) is 12.1 Å². The normalized spacial score (nSPS) is 25.3. The molecule has 0 saturated carbocycles. The fraction of sp³-hybridized carbons (Fsp3) is 0.321. The number of aromatic nitrogens is 7. The summed E-state index contributed by atoms with van der Waals surface area (Å²) in [6.07, 6.45) is -8.28. The van der Waals surface area contributed by atoms with E-state index in [0.29, 0.717) is 15.9 Å². The first-order valence-electron chi connectivity index (χ1n) is 13.6. The minimum absolute atomic E-state index is 0.0334. The summed E-state index contributed by atoms with van der Waals surface area (Å²) in [5.41, 5.74) is -0.211. The number of fused-ring (bicyclic) bond motifs is 1. The number of rotatable bonds is 5. The zero-order valence-electron chi connectivity index (χ0n) is 23.0. The molecule has 0 bridgehead atoms. The molecule has 7 rings (SSSR count). The van der Waals surface area contributed by atoms with Gasteiger partial charge in [-0.05, 0) is 25.1 Å². The lowest BCUT2D eigenvalue weighted by Crippen LogP contribution is -2.57. The molecule has 5 heterocycles. The number of nitrogens with zero attached hydrogens (tertiary/aromatic N) is 7. The van der Waals surface area contributed by atoms with Gasteiger partial charge in [0.25, 0.3) is 0 Å². The van der Waals surface area contributed by atoms with E-state index in [0.717, 1.165) is 28.4 Å². The smallest absolute Gasteiger partial charge is 0.388 e.